The van der Waals surface area contributed by atoms with E-state index in [9.17, 15) is 0 Å². The molecule has 0 nitrogen and oxygen atoms in total. The molecular weight excluding hydrogens is 599 g/mol. The molecule has 0 saturated carbocycles. The Morgan fingerprint density at radius 3 is 1.74 bits per heavy atom. The van der Waals surface area contributed by atoms with E-state index in [-0.39, 0.29) is 30.2 Å². The molecule has 1 aliphatic carbocycles. The molecule has 4 heteroatoms. The number of benzene rings is 4. The fourth-order valence-electron chi connectivity index (χ4n) is 4.32. The van der Waals surface area contributed by atoms with Crippen LogP contribution in [0, 0.1) is 19.9 Å². The van der Waals surface area contributed by atoms with Gasteiger partial charge in [0.25, 0.3) is 0 Å². The van der Waals surface area contributed by atoms with Crippen molar-refractivity contribution in [2.75, 3.05) is 0 Å². The third-order valence-corrected chi connectivity index (χ3v) is 6.30. The van der Waals surface area contributed by atoms with Crippen molar-refractivity contribution >= 4 is 5.43 Å². The van der Waals surface area contributed by atoms with Crippen LogP contribution in [0.5, 0.6) is 0 Å². The Bertz CT molecular complexity index is 1350. The molecule has 0 spiro atoms. The molecule has 0 saturated heterocycles. The maximum atomic E-state index is 3.65. The normalized spacial score (nSPS) is 10.3. The zero-order valence-corrected chi connectivity index (χ0v) is 27.3. The predicted molar refractivity (Wildman–Crippen MR) is 153 cm³/mol. The van der Waals surface area contributed by atoms with Crippen LogP contribution < -0.4 is 24.8 Å². The number of fused-ring (bicyclic) bond motifs is 3. The van der Waals surface area contributed by atoms with Crippen LogP contribution in [-0.4, -0.2) is 5.43 Å². The second kappa shape index (κ2) is 15.5. The molecule has 0 amide bonds. The van der Waals surface area contributed by atoms with Gasteiger partial charge in [-0.15, -0.1) is 29.3 Å². The van der Waals surface area contributed by atoms with Crippen LogP contribution in [0.2, 0.25) is 13.1 Å². The van der Waals surface area contributed by atoms with Crippen molar-refractivity contribution in [3.05, 3.63) is 138 Å². The van der Waals surface area contributed by atoms with Gasteiger partial charge in [-0.25, -0.2) is 0 Å². The molecular formula is C34H32Cl2SiZr-2. The molecule has 0 atom stereocenters. The van der Waals surface area contributed by atoms with Gasteiger partial charge in [-0.3, -0.25) is 0 Å². The summed E-state index contributed by atoms with van der Waals surface area (Å²) in [5, 5.41) is 0. The average Bonchev–Trinajstić information content (AvgIpc) is 3.45. The van der Waals surface area contributed by atoms with Crippen molar-refractivity contribution < 1.29 is 48.1 Å². The molecule has 5 aromatic carbocycles. The second-order valence-electron chi connectivity index (χ2n) is 9.44. The number of hydrogen-bond acceptors (Lipinski definition) is 0. The Balaban J connectivity index is 0.000000331. The van der Waals surface area contributed by atoms with Crippen molar-refractivity contribution in [2.45, 2.75) is 33.4 Å². The van der Waals surface area contributed by atoms with E-state index in [0.717, 1.165) is 6.42 Å². The predicted octanol–water partition coefficient (Wildman–Crippen LogP) is 3.21. The van der Waals surface area contributed by atoms with E-state index in [0.29, 0.717) is 0 Å². The van der Waals surface area contributed by atoms with E-state index in [4.69, 9.17) is 0 Å². The Labute approximate surface area is 256 Å². The fraction of sp³-hybridized carbons (Fsp3) is 0.147. The van der Waals surface area contributed by atoms with Gasteiger partial charge in [-0.1, -0.05) is 109 Å². The molecule has 5 aromatic rings. The van der Waals surface area contributed by atoms with Crippen molar-refractivity contribution in [3.8, 4) is 33.4 Å². The zero-order valence-electron chi connectivity index (χ0n) is 22.4. The van der Waals surface area contributed by atoms with Gasteiger partial charge in [0.2, 0.25) is 0 Å². The second-order valence-corrected chi connectivity index (χ2v) is 18.8. The first-order chi connectivity index (χ1) is 17.4. The molecule has 0 bridgehead atoms. The number of rotatable bonds is 2. The van der Waals surface area contributed by atoms with E-state index in [1.165, 1.54) is 55.6 Å². The minimum atomic E-state index is 0. The molecule has 1 aliphatic rings. The summed E-state index contributed by atoms with van der Waals surface area (Å²) in [6.07, 6.45) is 0.964. The SMILES string of the molecule is C[Si](C)=[Zr+2].Cc1c[cH-]cc1C.[Cl-].[Cl-].[c-]1c(-c2ccccc2)ccc2c1Cc1cc(-c3ccccc3)ccc1-2. The molecule has 0 aromatic heterocycles. The largest absolute Gasteiger partial charge is 1.00 e. The maximum Gasteiger partial charge on any atom is -0.0181 e. The number of hydrogen-bond donors (Lipinski definition) is 0. The topological polar surface area (TPSA) is 0 Å². The summed E-state index contributed by atoms with van der Waals surface area (Å²) in [6.45, 7) is 8.86. The summed E-state index contributed by atoms with van der Waals surface area (Å²) in [7, 11) is 0. The fourth-order valence-corrected chi connectivity index (χ4v) is 4.32. The van der Waals surface area contributed by atoms with Crippen LogP contribution in [0.15, 0.2) is 109 Å². The minimum absolute atomic E-state index is 0. The molecule has 38 heavy (non-hydrogen) atoms. The van der Waals surface area contributed by atoms with Crippen LogP contribution >= 0.6 is 0 Å². The molecule has 0 radical (unpaired) electrons. The first-order valence-electron chi connectivity index (χ1n) is 12.4. The monoisotopic (exact) mass is 628 g/mol. The van der Waals surface area contributed by atoms with Crippen molar-refractivity contribution in [3.63, 3.8) is 0 Å². The van der Waals surface area contributed by atoms with Crippen LogP contribution in [0.3, 0.4) is 0 Å². The number of halogens is 2. The van der Waals surface area contributed by atoms with Crippen LogP contribution in [0.4, 0.5) is 0 Å². The van der Waals surface area contributed by atoms with Crippen LogP contribution in [0.25, 0.3) is 33.4 Å². The van der Waals surface area contributed by atoms with Gasteiger partial charge in [0.1, 0.15) is 0 Å². The summed E-state index contributed by atoms with van der Waals surface area (Å²) in [6, 6.07) is 42.3. The summed E-state index contributed by atoms with van der Waals surface area (Å²) in [4.78, 5) is 0. The van der Waals surface area contributed by atoms with Crippen LogP contribution in [0.1, 0.15) is 22.3 Å². The first-order valence-corrected chi connectivity index (χ1v) is 18.6. The zero-order chi connectivity index (χ0) is 25.5. The van der Waals surface area contributed by atoms with Gasteiger partial charge < -0.3 is 24.8 Å². The van der Waals surface area contributed by atoms with E-state index >= 15 is 0 Å². The van der Waals surface area contributed by atoms with Gasteiger partial charge in [0.15, 0.2) is 0 Å². The van der Waals surface area contributed by atoms with Gasteiger partial charge in [-0.05, 0) is 23.1 Å². The number of aryl methyl sites for hydroxylation is 2. The molecule has 0 heterocycles. The van der Waals surface area contributed by atoms with Crippen LogP contribution in [-0.2, 0) is 29.8 Å². The van der Waals surface area contributed by atoms with E-state index in [1.807, 2.05) is 0 Å². The molecule has 6 rings (SSSR count). The quantitative estimate of drug-likeness (QED) is 0.204. The van der Waals surface area contributed by atoms with Gasteiger partial charge in [0, 0.05) is 0 Å². The third kappa shape index (κ3) is 8.45. The van der Waals surface area contributed by atoms with Crippen molar-refractivity contribution in [1.82, 2.24) is 0 Å². The molecule has 0 N–H and O–H groups in total. The van der Waals surface area contributed by atoms with Gasteiger partial charge in [-0.2, -0.15) is 29.3 Å². The molecule has 192 valence electrons. The standard InChI is InChI=1S/C25H17.C7H9.C2H6Si.2ClH.Zr/c1-3-7-18(8-4-1)20-11-13-24-22(15-20)17-23-16-21(12-14-25(23)24)19-9-5-2-6-10-19;1-6-4-3-5-7(6)2;1-3-2;;;/h1-15H,17H2;3-5H,1-2H3;1-2H3;2*1H;/q2*-1;;;;+2/p-2. The minimum Gasteiger partial charge on any atom is -1.00 e. The Hall–Kier alpha value is -2.09. The average molecular weight is 631 g/mol. The Morgan fingerprint density at radius 1 is 0.684 bits per heavy atom. The molecule has 0 unspecified atom stereocenters. The summed E-state index contributed by atoms with van der Waals surface area (Å²) in [5.41, 5.74) is 13.3. The van der Waals surface area contributed by atoms with Crippen molar-refractivity contribution in [1.29, 1.82) is 0 Å². The molecule has 0 fully saturated rings. The Kier molecular flexibility index (Phi) is 13.1. The third-order valence-electron chi connectivity index (χ3n) is 6.30. The van der Waals surface area contributed by atoms with E-state index in [1.54, 1.807) is 23.3 Å². The van der Waals surface area contributed by atoms with Crippen molar-refractivity contribution in [2.24, 2.45) is 0 Å². The molecule has 0 aliphatic heterocycles. The Morgan fingerprint density at radius 2 is 1.21 bits per heavy atom. The van der Waals surface area contributed by atoms with Gasteiger partial charge in [0.05, 0.1) is 0 Å². The summed E-state index contributed by atoms with van der Waals surface area (Å²) >= 11 is 1.74. The van der Waals surface area contributed by atoms with E-state index < -0.39 is 0 Å². The maximum absolute atomic E-state index is 3.65. The smallest absolute Gasteiger partial charge is 0.0181 e. The van der Waals surface area contributed by atoms with Gasteiger partial charge >= 0.3 is 41.9 Å². The summed E-state index contributed by atoms with van der Waals surface area (Å²) < 4.78 is 0. The van der Waals surface area contributed by atoms with E-state index in [2.05, 4.69) is 142 Å². The first kappa shape index (κ1) is 32.1. The summed E-state index contributed by atoms with van der Waals surface area (Å²) in [5.74, 6) is 0.